The van der Waals surface area contributed by atoms with Crippen LogP contribution in [0.15, 0.2) is 73.2 Å². The number of benzene rings is 2. The molecular weight excluding hydrogens is 336 g/mol. The third-order valence-corrected chi connectivity index (χ3v) is 4.69. The van der Waals surface area contributed by atoms with Gasteiger partial charge in [-0.2, -0.15) is 0 Å². The van der Waals surface area contributed by atoms with Gasteiger partial charge < -0.3 is 10.3 Å². The second kappa shape index (κ2) is 6.25. The lowest BCUT2D eigenvalue weighted by atomic mass is 10.2. The standard InChI is InChI=1S/C21H18N6/c1-14(25-20-19-17(11-12-22-19)23-13-24-20)21-26-16-9-5-6-10-18(16)27(21)15-7-3-2-4-8-15/h2-14,22H,1H3,(H,23,24,25)/t14-/m0/s1. The highest BCUT2D eigenvalue weighted by molar-refractivity contribution is 5.85. The average Bonchev–Trinajstić information content (AvgIpc) is 3.34. The van der Waals surface area contributed by atoms with E-state index < -0.39 is 0 Å². The lowest BCUT2D eigenvalue weighted by molar-refractivity contribution is 0.769. The Morgan fingerprint density at radius 3 is 2.63 bits per heavy atom. The maximum Gasteiger partial charge on any atom is 0.154 e. The van der Waals surface area contributed by atoms with Crippen molar-refractivity contribution >= 4 is 27.9 Å². The molecule has 3 heterocycles. The Morgan fingerprint density at radius 1 is 0.926 bits per heavy atom. The van der Waals surface area contributed by atoms with Gasteiger partial charge in [0.05, 0.1) is 22.6 Å². The first-order valence-electron chi connectivity index (χ1n) is 8.89. The van der Waals surface area contributed by atoms with Crippen LogP contribution in [0.2, 0.25) is 0 Å². The fourth-order valence-electron chi connectivity index (χ4n) is 3.43. The van der Waals surface area contributed by atoms with E-state index in [1.165, 1.54) is 0 Å². The highest BCUT2D eigenvalue weighted by atomic mass is 15.2. The highest BCUT2D eigenvalue weighted by Crippen LogP contribution is 2.28. The molecule has 0 saturated heterocycles. The molecule has 5 aromatic rings. The van der Waals surface area contributed by atoms with Crippen LogP contribution in [0.4, 0.5) is 5.82 Å². The zero-order valence-electron chi connectivity index (χ0n) is 14.8. The van der Waals surface area contributed by atoms with Gasteiger partial charge in [0.15, 0.2) is 5.82 Å². The molecule has 2 N–H and O–H groups in total. The van der Waals surface area contributed by atoms with Crippen molar-refractivity contribution in [3.8, 4) is 5.69 Å². The molecule has 1 atom stereocenters. The van der Waals surface area contributed by atoms with E-state index in [4.69, 9.17) is 4.98 Å². The first-order chi connectivity index (χ1) is 13.3. The number of aromatic nitrogens is 5. The van der Waals surface area contributed by atoms with Gasteiger partial charge in [-0.3, -0.25) is 4.57 Å². The van der Waals surface area contributed by atoms with Gasteiger partial charge in [0.25, 0.3) is 0 Å². The molecule has 0 bridgehead atoms. The second-order valence-corrected chi connectivity index (χ2v) is 6.46. The molecule has 0 aliphatic carbocycles. The van der Waals surface area contributed by atoms with Gasteiger partial charge in [0.1, 0.15) is 17.7 Å². The maximum absolute atomic E-state index is 4.90. The van der Waals surface area contributed by atoms with Crippen LogP contribution in [0.3, 0.4) is 0 Å². The summed E-state index contributed by atoms with van der Waals surface area (Å²) in [6.45, 7) is 2.09. The molecule has 0 amide bonds. The van der Waals surface area contributed by atoms with Crippen LogP contribution < -0.4 is 5.32 Å². The minimum absolute atomic E-state index is 0.0565. The zero-order chi connectivity index (χ0) is 18.2. The van der Waals surface area contributed by atoms with Crippen molar-refractivity contribution in [2.24, 2.45) is 0 Å². The molecule has 0 fully saturated rings. The van der Waals surface area contributed by atoms with Gasteiger partial charge in [-0.25, -0.2) is 15.0 Å². The molecule has 0 aliphatic rings. The number of anilines is 1. The third-order valence-electron chi connectivity index (χ3n) is 4.69. The number of nitrogens with zero attached hydrogens (tertiary/aromatic N) is 4. The number of rotatable bonds is 4. The summed E-state index contributed by atoms with van der Waals surface area (Å²) in [7, 11) is 0. The predicted molar refractivity (Wildman–Crippen MR) is 107 cm³/mol. The molecule has 0 saturated carbocycles. The van der Waals surface area contributed by atoms with Gasteiger partial charge in [0.2, 0.25) is 0 Å². The van der Waals surface area contributed by atoms with Crippen molar-refractivity contribution in [3.05, 3.63) is 79.0 Å². The Labute approximate surface area is 155 Å². The predicted octanol–water partition coefficient (Wildman–Crippen LogP) is 4.47. The average molecular weight is 354 g/mol. The summed E-state index contributed by atoms with van der Waals surface area (Å²) >= 11 is 0. The van der Waals surface area contributed by atoms with E-state index in [1.807, 2.05) is 48.7 Å². The van der Waals surface area contributed by atoms with E-state index in [2.05, 4.69) is 50.0 Å². The normalized spacial score (nSPS) is 12.5. The molecular formula is C21H18N6. The van der Waals surface area contributed by atoms with E-state index in [9.17, 15) is 0 Å². The van der Waals surface area contributed by atoms with E-state index in [-0.39, 0.29) is 6.04 Å². The lowest BCUT2D eigenvalue weighted by Crippen LogP contribution is -2.14. The van der Waals surface area contributed by atoms with Crippen molar-refractivity contribution in [1.82, 2.24) is 24.5 Å². The molecule has 6 heteroatoms. The van der Waals surface area contributed by atoms with Crippen molar-refractivity contribution in [2.75, 3.05) is 5.32 Å². The first-order valence-corrected chi connectivity index (χ1v) is 8.89. The number of hydrogen-bond acceptors (Lipinski definition) is 4. The quantitative estimate of drug-likeness (QED) is 0.499. The Kier molecular flexibility index (Phi) is 3.60. The third kappa shape index (κ3) is 2.62. The van der Waals surface area contributed by atoms with Crippen LogP contribution in [0.1, 0.15) is 18.8 Å². The monoisotopic (exact) mass is 354 g/mol. The summed E-state index contributed by atoms with van der Waals surface area (Å²) in [5.74, 6) is 1.70. The fourth-order valence-corrected chi connectivity index (χ4v) is 3.43. The van der Waals surface area contributed by atoms with E-state index in [1.54, 1.807) is 6.33 Å². The molecule has 3 aromatic heterocycles. The van der Waals surface area contributed by atoms with Crippen LogP contribution in [-0.4, -0.2) is 24.5 Å². The van der Waals surface area contributed by atoms with Crippen molar-refractivity contribution in [1.29, 1.82) is 0 Å². The maximum atomic E-state index is 4.90. The molecule has 27 heavy (non-hydrogen) atoms. The minimum Gasteiger partial charge on any atom is -0.359 e. The number of fused-ring (bicyclic) bond motifs is 2. The van der Waals surface area contributed by atoms with Gasteiger partial charge in [0, 0.05) is 11.9 Å². The van der Waals surface area contributed by atoms with Crippen LogP contribution >= 0.6 is 0 Å². The van der Waals surface area contributed by atoms with Crippen molar-refractivity contribution in [2.45, 2.75) is 13.0 Å². The van der Waals surface area contributed by atoms with Gasteiger partial charge in [-0.05, 0) is 37.3 Å². The SMILES string of the molecule is C[C@H](Nc1ncnc2cc[nH]c12)c1nc2ccccc2n1-c1ccccc1. The summed E-state index contributed by atoms with van der Waals surface area (Å²) < 4.78 is 2.19. The zero-order valence-corrected chi connectivity index (χ0v) is 14.8. The molecule has 5 rings (SSSR count). The molecule has 0 unspecified atom stereocenters. The van der Waals surface area contributed by atoms with Crippen LogP contribution in [-0.2, 0) is 0 Å². The van der Waals surface area contributed by atoms with Crippen LogP contribution in [0.5, 0.6) is 0 Å². The number of H-pyrrole nitrogens is 1. The number of aromatic amines is 1. The molecule has 132 valence electrons. The van der Waals surface area contributed by atoms with E-state index >= 15 is 0 Å². The van der Waals surface area contributed by atoms with E-state index in [0.29, 0.717) is 0 Å². The smallest absolute Gasteiger partial charge is 0.154 e. The van der Waals surface area contributed by atoms with Gasteiger partial charge >= 0.3 is 0 Å². The Morgan fingerprint density at radius 2 is 1.74 bits per heavy atom. The number of hydrogen-bond donors (Lipinski definition) is 2. The first kappa shape index (κ1) is 15.6. The molecule has 6 nitrogen and oxygen atoms in total. The lowest BCUT2D eigenvalue weighted by Gasteiger charge is -2.17. The van der Waals surface area contributed by atoms with Crippen molar-refractivity contribution in [3.63, 3.8) is 0 Å². The number of imidazole rings is 1. The highest BCUT2D eigenvalue weighted by Gasteiger charge is 2.19. The summed E-state index contributed by atoms with van der Waals surface area (Å²) in [6.07, 6.45) is 3.44. The number of nitrogens with one attached hydrogen (secondary N) is 2. The van der Waals surface area contributed by atoms with Gasteiger partial charge in [-0.1, -0.05) is 30.3 Å². The topological polar surface area (TPSA) is 71.4 Å². The van der Waals surface area contributed by atoms with Crippen molar-refractivity contribution < 1.29 is 0 Å². The van der Waals surface area contributed by atoms with Crippen LogP contribution in [0.25, 0.3) is 27.8 Å². The Balaban J connectivity index is 1.63. The molecule has 2 aromatic carbocycles. The van der Waals surface area contributed by atoms with Crippen LogP contribution in [0, 0.1) is 0 Å². The summed E-state index contributed by atoms with van der Waals surface area (Å²) in [5.41, 5.74) is 4.92. The van der Waals surface area contributed by atoms with E-state index in [0.717, 1.165) is 39.4 Å². The fraction of sp³-hybridized carbons (Fsp3) is 0.0952. The minimum atomic E-state index is -0.0565. The molecule has 0 aliphatic heterocycles. The second-order valence-electron chi connectivity index (χ2n) is 6.46. The molecule has 0 spiro atoms. The summed E-state index contributed by atoms with van der Waals surface area (Å²) in [4.78, 5) is 16.8. The number of para-hydroxylation sites is 3. The molecule has 0 radical (unpaired) electrons. The largest absolute Gasteiger partial charge is 0.359 e. The Bertz CT molecular complexity index is 1220. The Hall–Kier alpha value is -3.67. The summed E-state index contributed by atoms with van der Waals surface area (Å²) in [5, 5.41) is 3.49. The van der Waals surface area contributed by atoms with Gasteiger partial charge in [-0.15, -0.1) is 0 Å². The summed E-state index contributed by atoms with van der Waals surface area (Å²) in [6, 6.07) is 20.4.